The SMILES string of the molecule is CCOc1cc(C)c(Cl)cc1S(=O)(=O)NC1CCC(OC)CC1. The van der Waals surface area contributed by atoms with E-state index in [0.29, 0.717) is 17.4 Å². The first kappa shape index (κ1) is 18.5. The number of benzene rings is 1. The lowest BCUT2D eigenvalue weighted by Crippen LogP contribution is -2.39. The fourth-order valence-electron chi connectivity index (χ4n) is 2.81. The van der Waals surface area contributed by atoms with Crippen molar-refractivity contribution in [3.8, 4) is 5.75 Å². The maximum atomic E-state index is 12.7. The van der Waals surface area contributed by atoms with Crippen LogP contribution in [-0.4, -0.2) is 34.3 Å². The van der Waals surface area contributed by atoms with E-state index in [1.54, 1.807) is 13.2 Å². The highest BCUT2D eigenvalue weighted by Gasteiger charge is 2.28. The monoisotopic (exact) mass is 361 g/mol. The molecule has 0 radical (unpaired) electrons. The van der Waals surface area contributed by atoms with Crippen molar-refractivity contribution in [3.63, 3.8) is 0 Å². The van der Waals surface area contributed by atoms with Gasteiger partial charge in [0.25, 0.3) is 0 Å². The van der Waals surface area contributed by atoms with Gasteiger partial charge in [0.1, 0.15) is 10.6 Å². The first-order valence-corrected chi connectivity index (χ1v) is 9.71. The molecule has 23 heavy (non-hydrogen) atoms. The minimum atomic E-state index is -3.68. The number of halogens is 1. The van der Waals surface area contributed by atoms with Gasteiger partial charge in [0.15, 0.2) is 0 Å². The molecule has 0 atom stereocenters. The summed E-state index contributed by atoms with van der Waals surface area (Å²) in [5.74, 6) is 0.340. The summed E-state index contributed by atoms with van der Waals surface area (Å²) in [7, 11) is -1.98. The molecule has 1 saturated carbocycles. The fraction of sp³-hybridized carbons (Fsp3) is 0.625. The van der Waals surface area contributed by atoms with Crippen LogP contribution in [-0.2, 0) is 14.8 Å². The Morgan fingerprint density at radius 1 is 1.26 bits per heavy atom. The fourth-order valence-corrected chi connectivity index (χ4v) is 4.50. The Bertz CT molecular complexity index is 640. The van der Waals surface area contributed by atoms with Crippen LogP contribution >= 0.6 is 11.6 Å². The molecule has 0 bridgehead atoms. The van der Waals surface area contributed by atoms with Gasteiger partial charge in [-0.15, -0.1) is 0 Å². The Morgan fingerprint density at radius 3 is 2.48 bits per heavy atom. The number of ether oxygens (including phenoxy) is 2. The number of methoxy groups -OCH3 is 1. The maximum Gasteiger partial charge on any atom is 0.244 e. The minimum absolute atomic E-state index is 0.0824. The van der Waals surface area contributed by atoms with E-state index in [4.69, 9.17) is 21.1 Å². The van der Waals surface area contributed by atoms with E-state index in [2.05, 4.69) is 4.72 Å². The van der Waals surface area contributed by atoms with Crippen LogP contribution in [0.3, 0.4) is 0 Å². The Balaban J connectivity index is 2.21. The van der Waals surface area contributed by atoms with Gasteiger partial charge in [0, 0.05) is 18.2 Å². The van der Waals surface area contributed by atoms with E-state index in [0.717, 1.165) is 31.2 Å². The predicted molar refractivity (Wildman–Crippen MR) is 90.7 cm³/mol. The molecule has 1 aromatic carbocycles. The molecule has 0 aromatic heterocycles. The third kappa shape index (κ3) is 4.59. The van der Waals surface area contributed by atoms with Crippen LogP contribution in [0.2, 0.25) is 5.02 Å². The van der Waals surface area contributed by atoms with E-state index in [1.165, 1.54) is 6.07 Å². The van der Waals surface area contributed by atoms with Crippen LogP contribution in [0.5, 0.6) is 5.75 Å². The first-order valence-electron chi connectivity index (χ1n) is 7.85. The number of hydrogen-bond donors (Lipinski definition) is 1. The van der Waals surface area contributed by atoms with Crippen molar-refractivity contribution >= 4 is 21.6 Å². The molecule has 1 fully saturated rings. The lowest BCUT2D eigenvalue weighted by Gasteiger charge is -2.28. The van der Waals surface area contributed by atoms with Crippen LogP contribution in [0.25, 0.3) is 0 Å². The van der Waals surface area contributed by atoms with Gasteiger partial charge in [-0.1, -0.05) is 11.6 Å². The summed E-state index contributed by atoms with van der Waals surface area (Å²) in [4.78, 5) is 0.101. The number of nitrogens with one attached hydrogen (secondary N) is 1. The molecule has 0 heterocycles. The summed E-state index contributed by atoms with van der Waals surface area (Å²) < 4.78 is 39.0. The van der Waals surface area contributed by atoms with Crippen molar-refractivity contribution < 1.29 is 17.9 Å². The highest BCUT2D eigenvalue weighted by molar-refractivity contribution is 7.89. The van der Waals surface area contributed by atoms with Gasteiger partial charge >= 0.3 is 0 Å². The molecule has 1 N–H and O–H groups in total. The molecular weight excluding hydrogens is 338 g/mol. The zero-order valence-corrected chi connectivity index (χ0v) is 15.3. The van der Waals surface area contributed by atoms with Crippen LogP contribution in [0, 0.1) is 6.92 Å². The molecule has 0 aliphatic heterocycles. The second-order valence-electron chi connectivity index (χ2n) is 5.81. The molecule has 0 spiro atoms. The normalized spacial score (nSPS) is 22.1. The largest absolute Gasteiger partial charge is 0.492 e. The Hall–Kier alpha value is -0.820. The summed E-state index contributed by atoms with van der Waals surface area (Å²) in [6.45, 7) is 4.03. The molecule has 1 aliphatic carbocycles. The van der Waals surface area contributed by atoms with Crippen LogP contribution in [0.4, 0.5) is 0 Å². The van der Waals surface area contributed by atoms with E-state index in [9.17, 15) is 8.42 Å². The van der Waals surface area contributed by atoms with Crippen molar-refractivity contribution in [2.45, 2.75) is 56.6 Å². The first-order chi connectivity index (χ1) is 10.9. The Kier molecular flexibility index (Phi) is 6.31. The lowest BCUT2D eigenvalue weighted by molar-refractivity contribution is 0.0649. The van der Waals surface area contributed by atoms with Gasteiger partial charge in [-0.3, -0.25) is 0 Å². The average Bonchev–Trinajstić information content (AvgIpc) is 2.51. The zero-order chi connectivity index (χ0) is 17.0. The van der Waals surface area contributed by atoms with E-state index >= 15 is 0 Å². The zero-order valence-electron chi connectivity index (χ0n) is 13.8. The van der Waals surface area contributed by atoms with Gasteiger partial charge in [0.05, 0.1) is 12.7 Å². The van der Waals surface area contributed by atoms with Gasteiger partial charge in [-0.2, -0.15) is 0 Å². The minimum Gasteiger partial charge on any atom is -0.492 e. The number of hydrogen-bond acceptors (Lipinski definition) is 4. The van der Waals surface area contributed by atoms with Crippen molar-refractivity contribution in [2.75, 3.05) is 13.7 Å². The van der Waals surface area contributed by atoms with Crippen molar-refractivity contribution in [2.24, 2.45) is 0 Å². The molecule has 7 heteroatoms. The summed E-state index contributed by atoms with van der Waals surface area (Å²) in [5, 5.41) is 0.414. The van der Waals surface area contributed by atoms with Crippen molar-refractivity contribution in [1.29, 1.82) is 0 Å². The third-order valence-electron chi connectivity index (χ3n) is 4.14. The molecule has 2 rings (SSSR count). The summed E-state index contributed by atoms with van der Waals surface area (Å²) in [5.41, 5.74) is 0.787. The molecule has 1 aliphatic rings. The predicted octanol–water partition coefficient (Wildman–Crippen LogP) is 3.28. The number of aryl methyl sites for hydroxylation is 1. The maximum absolute atomic E-state index is 12.7. The summed E-state index contributed by atoms with van der Waals surface area (Å²) >= 11 is 6.11. The van der Waals surface area contributed by atoms with Gasteiger partial charge in [0.2, 0.25) is 10.0 Å². The summed E-state index contributed by atoms with van der Waals surface area (Å²) in [6, 6.07) is 3.05. The lowest BCUT2D eigenvalue weighted by atomic mass is 9.94. The quantitative estimate of drug-likeness (QED) is 0.844. The van der Waals surface area contributed by atoms with Crippen LogP contribution in [0.1, 0.15) is 38.2 Å². The molecule has 0 saturated heterocycles. The van der Waals surface area contributed by atoms with Gasteiger partial charge in [-0.25, -0.2) is 13.1 Å². The number of sulfonamides is 1. The Labute approximate surface area is 143 Å². The molecule has 1 aromatic rings. The van der Waals surface area contributed by atoms with E-state index in [-0.39, 0.29) is 17.0 Å². The summed E-state index contributed by atoms with van der Waals surface area (Å²) in [6.07, 6.45) is 3.47. The molecular formula is C16H24ClNO4S. The average molecular weight is 362 g/mol. The van der Waals surface area contributed by atoms with Gasteiger partial charge in [-0.05, 0) is 57.2 Å². The molecule has 0 unspecified atom stereocenters. The second-order valence-corrected chi connectivity index (χ2v) is 7.90. The standard InChI is InChI=1S/C16H24ClNO4S/c1-4-22-15-9-11(2)14(17)10-16(15)23(19,20)18-12-5-7-13(21-3)8-6-12/h9-10,12-13,18H,4-8H2,1-3H3. The highest BCUT2D eigenvalue weighted by atomic mass is 35.5. The topological polar surface area (TPSA) is 64.6 Å². The molecule has 5 nitrogen and oxygen atoms in total. The van der Waals surface area contributed by atoms with E-state index < -0.39 is 10.0 Å². The van der Waals surface area contributed by atoms with Gasteiger partial charge < -0.3 is 9.47 Å². The van der Waals surface area contributed by atoms with E-state index in [1.807, 2.05) is 13.8 Å². The second kappa shape index (κ2) is 7.83. The highest BCUT2D eigenvalue weighted by Crippen LogP contribution is 2.31. The molecule has 0 amide bonds. The van der Waals surface area contributed by atoms with Crippen molar-refractivity contribution in [3.05, 3.63) is 22.7 Å². The molecule has 130 valence electrons. The smallest absolute Gasteiger partial charge is 0.244 e. The van der Waals surface area contributed by atoms with Crippen LogP contribution in [0.15, 0.2) is 17.0 Å². The van der Waals surface area contributed by atoms with Crippen molar-refractivity contribution in [1.82, 2.24) is 4.72 Å². The Morgan fingerprint density at radius 2 is 1.91 bits per heavy atom. The van der Waals surface area contributed by atoms with Crippen LogP contribution < -0.4 is 9.46 Å². The third-order valence-corrected chi connectivity index (χ3v) is 6.09. The number of rotatable bonds is 6.